The summed E-state index contributed by atoms with van der Waals surface area (Å²) in [6, 6.07) is 0. The number of ketones is 3. The minimum absolute atomic E-state index is 0.362. The van der Waals surface area contributed by atoms with Gasteiger partial charge in [0.05, 0.1) is 0 Å². The zero-order chi connectivity index (χ0) is 18.2. The third-order valence-electron chi connectivity index (χ3n) is 4.88. The number of nitrogens with one attached hydrogen (secondary N) is 2. The van der Waals surface area contributed by atoms with Crippen LogP contribution in [0.5, 0.6) is 0 Å². The highest BCUT2D eigenvalue weighted by atomic mass is 16.2. The molecule has 11 heteroatoms. The summed E-state index contributed by atoms with van der Waals surface area (Å²) in [5.74, 6) is -4.39. The summed E-state index contributed by atoms with van der Waals surface area (Å²) in [7, 11) is 0. The largest absolute Gasteiger partial charge is 0.297 e. The van der Waals surface area contributed by atoms with Gasteiger partial charge in [0.25, 0.3) is 0 Å². The molecule has 130 valence electrons. The number of carbonyl (C=O) groups excluding carboxylic acids is 3. The number of Topliss-reactive ketones (excluding diaryl/α,β-unsaturated/α-hetero) is 3. The van der Waals surface area contributed by atoms with E-state index in [1.807, 2.05) is 0 Å². The van der Waals surface area contributed by atoms with Crippen LogP contribution in [0, 0.1) is 13.8 Å². The molecule has 0 radical (unpaired) electrons. The summed E-state index contributed by atoms with van der Waals surface area (Å²) >= 11 is 0. The van der Waals surface area contributed by atoms with Crippen LogP contribution < -0.4 is 0 Å². The lowest BCUT2D eigenvalue weighted by Gasteiger charge is -2.07. The summed E-state index contributed by atoms with van der Waals surface area (Å²) in [4.78, 5) is 38.6. The molecule has 0 saturated heterocycles. The molecule has 2 N–H and O–H groups in total. The summed E-state index contributed by atoms with van der Waals surface area (Å²) in [5.41, 5.74) is 2.68. The van der Waals surface area contributed by atoms with Crippen LogP contribution in [0.1, 0.15) is 34.4 Å². The maximum atomic E-state index is 13.2. The number of H-pyrrole nitrogens is 2. The van der Waals surface area contributed by atoms with Gasteiger partial charge in [-0.05, 0) is 13.8 Å². The second-order valence-electron chi connectivity index (χ2n) is 6.35. The molecule has 1 aliphatic rings. The Balaban J connectivity index is 1.70. The molecule has 1 aliphatic carbocycles. The fourth-order valence-electron chi connectivity index (χ4n) is 3.77. The predicted octanol–water partition coefficient (Wildman–Crippen LogP) is -0.367. The van der Waals surface area contributed by atoms with Gasteiger partial charge in [-0.15, -0.1) is 20.4 Å². The minimum atomic E-state index is -1.21. The van der Waals surface area contributed by atoms with Gasteiger partial charge >= 0.3 is 0 Å². The van der Waals surface area contributed by atoms with Crippen LogP contribution in [-0.2, 0) is 14.4 Å². The molecule has 0 bridgehead atoms. The molecule has 4 aromatic rings. The molecule has 11 nitrogen and oxygen atoms in total. The average molecular weight is 352 g/mol. The maximum absolute atomic E-state index is 13.2. The van der Waals surface area contributed by atoms with Gasteiger partial charge in [-0.1, -0.05) is 0 Å². The highest BCUT2D eigenvalue weighted by molar-refractivity contribution is 6.55. The van der Waals surface area contributed by atoms with E-state index in [9.17, 15) is 14.4 Å². The number of carbonyl (C=O) groups is 3. The fourth-order valence-corrected chi connectivity index (χ4v) is 3.77. The van der Waals surface area contributed by atoms with Crippen LogP contribution in [0.25, 0.3) is 11.3 Å². The first-order valence-corrected chi connectivity index (χ1v) is 7.87. The van der Waals surface area contributed by atoms with Gasteiger partial charge in [-0.25, -0.2) is 9.03 Å². The van der Waals surface area contributed by atoms with E-state index in [2.05, 4.69) is 30.6 Å². The number of rotatable bonds is 2. The Hall–Kier alpha value is -3.63. The van der Waals surface area contributed by atoms with Gasteiger partial charge in [0.15, 0.2) is 17.1 Å². The maximum Gasteiger partial charge on any atom is 0.214 e. The van der Waals surface area contributed by atoms with Crippen LogP contribution in [-0.4, -0.2) is 57.0 Å². The Labute approximate surface area is 144 Å². The highest BCUT2D eigenvalue weighted by Crippen LogP contribution is 2.40. The van der Waals surface area contributed by atoms with Gasteiger partial charge in [0.1, 0.15) is 24.5 Å². The zero-order valence-corrected chi connectivity index (χ0v) is 13.7. The molecule has 0 aromatic carbocycles. The van der Waals surface area contributed by atoms with Crippen LogP contribution in [0.3, 0.4) is 0 Å². The molecule has 1 fully saturated rings. The molecule has 5 rings (SSSR count). The van der Waals surface area contributed by atoms with Crippen molar-refractivity contribution in [3.05, 3.63) is 35.2 Å². The molecule has 4 aromatic heterocycles. The topological polar surface area (TPSA) is 143 Å². The third kappa shape index (κ3) is 1.64. The number of nitrogens with zero attached hydrogens (tertiary/aromatic N) is 6. The molecular formula is C15H12N8O3. The first-order chi connectivity index (χ1) is 12.5. The quantitative estimate of drug-likeness (QED) is 0.370. The molecule has 0 spiro atoms. The van der Waals surface area contributed by atoms with Crippen molar-refractivity contribution >= 4 is 28.6 Å². The second-order valence-corrected chi connectivity index (χ2v) is 6.35. The monoisotopic (exact) mass is 352 g/mol. The summed E-state index contributed by atoms with van der Waals surface area (Å²) in [5, 5.41) is 21.4. The number of aromatic nitrogens is 8. The molecule has 2 unspecified atom stereocenters. The molecular weight excluding hydrogens is 340 g/mol. The third-order valence-corrected chi connectivity index (χ3v) is 4.88. The van der Waals surface area contributed by atoms with Crippen LogP contribution in [0.2, 0.25) is 0 Å². The lowest BCUT2D eigenvalue weighted by atomic mass is 9.91. The Morgan fingerprint density at radius 3 is 1.65 bits per heavy atom. The first-order valence-electron chi connectivity index (χ1n) is 7.87. The van der Waals surface area contributed by atoms with Crippen LogP contribution in [0.15, 0.2) is 12.7 Å². The summed E-state index contributed by atoms with van der Waals surface area (Å²) < 4.78 is 3.03. The van der Waals surface area contributed by atoms with Gasteiger partial charge < -0.3 is 0 Å². The van der Waals surface area contributed by atoms with Crippen molar-refractivity contribution in [1.29, 1.82) is 0 Å². The number of hydrogen-bond donors (Lipinski definition) is 2. The van der Waals surface area contributed by atoms with Crippen molar-refractivity contribution in [2.24, 2.45) is 0 Å². The molecule has 0 amide bonds. The normalized spacial score (nSPS) is 20.9. The van der Waals surface area contributed by atoms with Gasteiger partial charge in [-0.3, -0.25) is 24.6 Å². The van der Waals surface area contributed by atoms with E-state index < -0.39 is 29.2 Å². The standard InChI is InChI=1S/C15H12N8O3/c1-5-7(14-18-16-3-22(14)20-5)9-11(24)10(13(26)12(9)25)8-6(2)21-23-4-17-19-15(8)23/h3-4,9-10,20-21H,1-2H3. The number of aromatic amines is 2. The van der Waals surface area contributed by atoms with E-state index >= 15 is 0 Å². The van der Waals surface area contributed by atoms with Gasteiger partial charge in [-0.2, -0.15) is 0 Å². The van der Waals surface area contributed by atoms with Crippen molar-refractivity contribution < 1.29 is 14.4 Å². The minimum Gasteiger partial charge on any atom is -0.297 e. The van der Waals surface area contributed by atoms with E-state index in [1.54, 1.807) is 13.8 Å². The molecule has 1 saturated carbocycles. The van der Waals surface area contributed by atoms with Crippen molar-refractivity contribution in [2.75, 3.05) is 0 Å². The van der Waals surface area contributed by atoms with Crippen LogP contribution in [0.4, 0.5) is 0 Å². The van der Waals surface area contributed by atoms with E-state index in [0.29, 0.717) is 33.8 Å². The Bertz CT molecular complexity index is 1140. The lowest BCUT2D eigenvalue weighted by molar-refractivity contribution is -0.135. The van der Waals surface area contributed by atoms with Crippen molar-refractivity contribution in [2.45, 2.75) is 25.7 Å². The van der Waals surface area contributed by atoms with E-state index in [0.717, 1.165) is 0 Å². The van der Waals surface area contributed by atoms with E-state index in [1.165, 1.54) is 21.7 Å². The fraction of sp³-hybridized carbons (Fsp3) is 0.267. The zero-order valence-electron chi connectivity index (χ0n) is 13.7. The summed E-state index contributed by atoms with van der Waals surface area (Å²) in [6.45, 7) is 3.45. The Morgan fingerprint density at radius 2 is 1.23 bits per heavy atom. The molecule has 4 heterocycles. The molecule has 2 atom stereocenters. The van der Waals surface area contributed by atoms with E-state index in [4.69, 9.17) is 0 Å². The van der Waals surface area contributed by atoms with Crippen molar-refractivity contribution in [1.82, 2.24) is 39.6 Å². The Morgan fingerprint density at radius 1 is 0.808 bits per heavy atom. The SMILES string of the molecule is Cc1[nH]n2cnnc2c1C1C(=O)C(=O)C(c2c(C)[nH]n3cnnc23)C1=O. The Kier molecular flexibility index (Phi) is 2.66. The van der Waals surface area contributed by atoms with Gasteiger partial charge in [0, 0.05) is 22.5 Å². The number of aryl methyl sites for hydroxylation is 2. The molecule has 0 aliphatic heterocycles. The van der Waals surface area contributed by atoms with Crippen molar-refractivity contribution in [3.63, 3.8) is 0 Å². The number of hydrogen-bond acceptors (Lipinski definition) is 7. The van der Waals surface area contributed by atoms with Gasteiger partial charge in [0.2, 0.25) is 11.6 Å². The summed E-state index contributed by atoms with van der Waals surface area (Å²) in [6.07, 6.45) is 2.87. The van der Waals surface area contributed by atoms with Crippen molar-refractivity contribution in [3.8, 4) is 0 Å². The second kappa shape index (κ2) is 4.71. The first kappa shape index (κ1) is 14.7. The van der Waals surface area contributed by atoms with E-state index in [-0.39, 0.29) is 0 Å². The smallest absolute Gasteiger partial charge is 0.214 e. The molecule has 26 heavy (non-hydrogen) atoms. The highest BCUT2D eigenvalue weighted by Gasteiger charge is 2.53. The van der Waals surface area contributed by atoms with Crippen LogP contribution >= 0.6 is 0 Å². The lowest BCUT2D eigenvalue weighted by Crippen LogP contribution is -2.16. The predicted molar refractivity (Wildman–Crippen MR) is 84.7 cm³/mol. The number of fused-ring (bicyclic) bond motifs is 2. The average Bonchev–Trinajstić information content (AvgIpc) is 3.35.